The summed E-state index contributed by atoms with van der Waals surface area (Å²) in [5.74, 6) is 0.572. The Hall–Kier alpha value is -1.12. The van der Waals surface area contributed by atoms with Gasteiger partial charge in [-0.25, -0.2) is 0 Å². The summed E-state index contributed by atoms with van der Waals surface area (Å²) >= 11 is 6.24. The van der Waals surface area contributed by atoms with Gasteiger partial charge in [0.1, 0.15) is 0 Å². The van der Waals surface area contributed by atoms with Gasteiger partial charge in [0.25, 0.3) is 0 Å². The number of hydrogen-bond donors (Lipinski definition) is 0. The Kier molecular flexibility index (Phi) is 3.46. The number of nitrogens with zero attached hydrogens (tertiary/aromatic N) is 2. The van der Waals surface area contributed by atoms with Gasteiger partial charge in [-0.15, -0.1) is 11.6 Å². The first-order valence-electron chi connectivity index (χ1n) is 6.91. The Morgan fingerprint density at radius 2 is 2.21 bits per heavy atom. The lowest BCUT2D eigenvalue weighted by Gasteiger charge is -2.27. The highest BCUT2D eigenvalue weighted by Crippen LogP contribution is 2.30. The van der Waals surface area contributed by atoms with Crippen LogP contribution in [0.2, 0.25) is 0 Å². The van der Waals surface area contributed by atoms with Crippen molar-refractivity contribution in [1.29, 1.82) is 0 Å². The van der Waals surface area contributed by atoms with Gasteiger partial charge in [-0.3, -0.25) is 4.98 Å². The molecule has 0 amide bonds. The second kappa shape index (κ2) is 5.10. The highest BCUT2D eigenvalue weighted by atomic mass is 35.5. The van der Waals surface area contributed by atoms with Crippen molar-refractivity contribution in [2.45, 2.75) is 32.2 Å². The average Bonchev–Trinajstić information content (AvgIpc) is 2.44. The van der Waals surface area contributed by atoms with E-state index in [1.54, 1.807) is 0 Å². The normalized spacial score (nSPS) is 15.7. The van der Waals surface area contributed by atoms with Gasteiger partial charge in [0, 0.05) is 36.5 Å². The van der Waals surface area contributed by atoms with Gasteiger partial charge in [-0.1, -0.05) is 25.1 Å². The van der Waals surface area contributed by atoms with Crippen molar-refractivity contribution in [3.8, 4) is 0 Å². The van der Waals surface area contributed by atoms with E-state index in [0.717, 1.165) is 31.4 Å². The number of pyridine rings is 1. The van der Waals surface area contributed by atoms with Crippen molar-refractivity contribution in [1.82, 2.24) is 9.88 Å². The van der Waals surface area contributed by atoms with E-state index < -0.39 is 0 Å². The molecule has 0 atom stereocenters. The smallest absolute Gasteiger partial charge is 0.0740 e. The minimum absolute atomic E-state index is 0.572. The molecule has 1 aromatic heterocycles. The van der Waals surface area contributed by atoms with Crippen LogP contribution in [0.5, 0.6) is 0 Å². The van der Waals surface area contributed by atoms with Crippen LogP contribution in [0.4, 0.5) is 0 Å². The number of likely N-dealkylation sites (N-methyl/N-ethyl adjacent to an activating group) is 1. The Bertz CT molecular complexity index is 622. The fourth-order valence-electron chi connectivity index (χ4n) is 2.98. The second-order valence-electron chi connectivity index (χ2n) is 5.30. The molecule has 2 nitrogen and oxygen atoms in total. The molecule has 0 unspecified atom stereocenters. The Morgan fingerprint density at radius 1 is 1.37 bits per heavy atom. The van der Waals surface area contributed by atoms with Gasteiger partial charge in [0.2, 0.25) is 0 Å². The van der Waals surface area contributed by atoms with Crippen LogP contribution in [0, 0.1) is 0 Å². The molecule has 0 radical (unpaired) electrons. The molecule has 0 saturated carbocycles. The summed E-state index contributed by atoms with van der Waals surface area (Å²) in [4.78, 5) is 7.29. The third-order valence-corrected chi connectivity index (χ3v) is 4.34. The summed E-state index contributed by atoms with van der Waals surface area (Å²) in [5, 5.41) is 1.24. The Morgan fingerprint density at radius 3 is 2.95 bits per heavy atom. The molecule has 2 aromatic rings. The highest BCUT2D eigenvalue weighted by Gasteiger charge is 2.20. The lowest BCUT2D eigenvalue weighted by atomic mass is 9.95. The molecule has 2 heterocycles. The van der Waals surface area contributed by atoms with E-state index in [2.05, 4.69) is 37.1 Å². The number of aryl methyl sites for hydroxylation is 1. The van der Waals surface area contributed by atoms with Crippen molar-refractivity contribution in [3.63, 3.8) is 0 Å². The van der Waals surface area contributed by atoms with E-state index in [1.807, 2.05) is 0 Å². The second-order valence-corrected chi connectivity index (χ2v) is 5.57. The summed E-state index contributed by atoms with van der Waals surface area (Å²) in [6.07, 6.45) is 2.05. The van der Waals surface area contributed by atoms with Crippen LogP contribution < -0.4 is 0 Å². The van der Waals surface area contributed by atoms with Crippen LogP contribution in [0.1, 0.15) is 29.3 Å². The van der Waals surface area contributed by atoms with Crippen molar-refractivity contribution in [3.05, 3.63) is 40.6 Å². The molecule has 100 valence electrons. The molecule has 1 aliphatic heterocycles. The van der Waals surface area contributed by atoms with E-state index in [-0.39, 0.29) is 0 Å². The van der Waals surface area contributed by atoms with Crippen LogP contribution in [-0.4, -0.2) is 23.5 Å². The maximum Gasteiger partial charge on any atom is 0.0740 e. The van der Waals surface area contributed by atoms with Crippen molar-refractivity contribution >= 4 is 22.5 Å². The predicted molar refractivity (Wildman–Crippen MR) is 80.7 cm³/mol. The number of benzene rings is 1. The van der Waals surface area contributed by atoms with Crippen molar-refractivity contribution < 1.29 is 0 Å². The number of rotatable bonds is 2. The van der Waals surface area contributed by atoms with Crippen LogP contribution in [0.3, 0.4) is 0 Å². The molecule has 1 aromatic carbocycles. The van der Waals surface area contributed by atoms with Gasteiger partial charge >= 0.3 is 0 Å². The number of alkyl halides is 1. The Labute approximate surface area is 119 Å². The maximum absolute atomic E-state index is 6.24. The minimum atomic E-state index is 0.572. The molecule has 0 aliphatic carbocycles. The molecular formula is C16H19ClN2. The molecule has 3 rings (SSSR count). The van der Waals surface area contributed by atoms with E-state index in [9.17, 15) is 0 Å². The van der Waals surface area contributed by atoms with Crippen molar-refractivity contribution in [2.24, 2.45) is 0 Å². The topological polar surface area (TPSA) is 16.1 Å². The van der Waals surface area contributed by atoms with E-state index in [4.69, 9.17) is 16.6 Å². The number of hydrogen-bond acceptors (Lipinski definition) is 2. The zero-order valence-corrected chi connectivity index (χ0v) is 12.3. The number of halogens is 1. The lowest BCUT2D eigenvalue weighted by molar-refractivity contribution is 0.309. The van der Waals surface area contributed by atoms with Crippen LogP contribution >= 0.6 is 11.6 Å². The molecule has 0 N–H and O–H groups in total. The third kappa shape index (κ3) is 2.13. The molecular weight excluding hydrogens is 256 g/mol. The maximum atomic E-state index is 6.24. The molecule has 3 heteroatoms. The number of fused-ring (bicyclic) bond motifs is 2. The van der Waals surface area contributed by atoms with E-state index >= 15 is 0 Å². The predicted octanol–water partition coefficient (Wildman–Crippen LogP) is 3.52. The zero-order valence-electron chi connectivity index (χ0n) is 11.5. The molecule has 0 spiro atoms. The molecule has 0 fully saturated rings. The highest BCUT2D eigenvalue weighted by molar-refractivity contribution is 6.18. The van der Waals surface area contributed by atoms with Gasteiger partial charge in [0.05, 0.1) is 5.52 Å². The number of aromatic nitrogens is 1. The molecule has 19 heavy (non-hydrogen) atoms. The zero-order chi connectivity index (χ0) is 13.4. The largest absolute Gasteiger partial charge is 0.302 e. The van der Waals surface area contributed by atoms with Crippen molar-refractivity contribution in [2.75, 3.05) is 13.6 Å². The lowest BCUT2D eigenvalue weighted by Crippen LogP contribution is -2.28. The summed E-state index contributed by atoms with van der Waals surface area (Å²) in [6, 6.07) is 6.46. The monoisotopic (exact) mass is 274 g/mol. The quantitative estimate of drug-likeness (QED) is 0.779. The molecule has 0 bridgehead atoms. The van der Waals surface area contributed by atoms with Gasteiger partial charge in [-0.05, 0) is 30.2 Å². The SMILES string of the molecule is CCc1cccc2c(CCl)c3c(nc12)CCN(C)C3. The fourth-order valence-corrected chi connectivity index (χ4v) is 3.29. The van der Waals surface area contributed by atoms with Gasteiger partial charge < -0.3 is 4.90 Å². The minimum Gasteiger partial charge on any atom is -0.302 e. The van der Waals surface area contributed by atoms with Crippen LogP contribution in [-0.2, 0) is 25.3 Å². The Balaban J connectivity index is 2.32. The van der Waals surface area contributed by atoms with Gasteiger partial charge in [-0.2, -0.15) is 0 Å². The van der Waals surface area contributed by atoms with Crippen LogP contribution in [0.15, 0.2) is 18.2 Å². The summed E-state index contributed by atoms with van der Waals surface area (Å²) < 4.78 is 0. The summed E-state index contributed by atoms with van der Waals surface area (Å²) in [5.41, 5.74) is 6.37. The van der Waals surface area contributed by atoms with Gasteiger partial charge in [0.15, 0.2) is 0 Å². The third-order valence-electron chi connectivity index (χ3n) is 4.08. The summed E-state index contributed by atoms with van der Waals surface area (Å²) in [7, 11) is 2.16. The fraction of sp³-hybridized carbons (Fsp3) is 0.438. The standard InChI is InChI=1S/C16H19ClN2/c1-3-11-5-4-6-12-13(9-17)14-10-19(2)8-7-15(14)18-16(11)12/h4-6H,3,7-10H2,1-2H3. The average molecular weight is 275 g/mol. The first-order valence-corrected chi connectivity index (χ1v) is 7.44. The molecule has 1 aliphatic rings. The van der Waals surface area contributed by atoms with Crippen LogP contribution in [0.25, 0.3) is 10.9 Å². The van der Waals surface area contributed by atoms with E-state index in [1.165, 1.54) is 27.8 Å². The first kappa shape index (κ1) is 12.9. The molecule has 0 saturated heterocycles. The van der Waals surface area contributed by atoms with E-state index in [0.29, 0.717) is 5.88 Å². The summed E-state index contributed by atoms with van der Waals surface area (Å²) in [6.45, 7) is 4.24. The first-order chi connectivity index (χ1) is 9.24. The number of para-hydroxylation sites is 1.